The van der Waals surface area contributed by atoms with Crippen LogP contribution in [0.25, 0.3) is 22.4 Å². The van der Waals surface area contributed by atoms with Crippen LogP contribution in [0.3, 0.4) is 0 Å². The molecule has 0 unspecified atom stereocenters. The molecule has 25 heavy (non-hydrogen) atoms. The summed E-state index contributed by atoms with van der Waals surface area (Å²) >= 11 is 0. The van der Waals surface area contributed by atoms with Crippen LogP contribution in [-0.4, -0.2) is 4.98 Å². The van der Waals surface area contributed by atoms with E-state index in [9.17, 15) is 0 Å². The number of pyridine rings is 1. The molecule has 0 spiro atoms. The largest absolute Gasteiger partial charge is 0.256 e. The molecule has 1 nitrogen and oxygen atoms in total. The highest BCUT2D eigenvalue weighted by atomic mass is 14.7. The van der Waals surface area contributed by atoms with Gasteiger partial charge in [0.15, 0.2) is 0 Å². The molecule has 0 atom stereocenters. The van der Waals surface area contributed by atoms with Crippen molar-refractivity contribution >= 4 is 0 Å². The van der Waals surface area contributed by atoms with Gasteiger partial charge in [0.25, 0.3) is 0 Å². The molecule has 2 aromatic carbocycles. The minimum Gasteiger partial charge on any atom is -0.256 e. The Morgan fingerprint density at radius 1 is 0.720 bits per heavy atom. The summed E-state index contributed by atoms with van der Waals surface area (Å²) in [6.45, 7) is 0. The van der Waals surface area contributed by atoms with Gasteiger partial charge in [-0.3, -0.25) is 4.98 Å². The number of nitrogens with zero attached hydrogens (tertiary/aromatic N) is 1. The SMILES string of the molecule is c1ccc(-c2cc(-c3ccc(CC4CCCCC4)cc3)ccn2)cc1. The first-order valence-corrected chi connectivity index (χ1v) is 9.49. The number of hydrogen-bond donors (Lipinski definition) is 0. The van der Waals surface area contributed by atoms with Crippen LogP contribution < -0.4 is 0 Å². The molecule has 1 saturated carbocycles. The van der Waals surface area contributed by atoms with Gasteiger partial charge in [-0.2, -0.15) is 0 Å². The second-order valence-electron chi connectivity index (χ2n) is 7.20. The van der Waals surface area contributed by atoms with Crippen molar-refractivity contribution in [2.45, 2.75) is 38.5 Å². The molecule has 0 saturated heterocycles. The van der Waals surface area contributed by atoms with E-state index in [-0.39, 0.29) is 0 Å². The minimum atomic E-state index is 0.894. The molecule has 126 valence electrons. The zero-order valence-electron chi connectivity index (χ0n) is 14.7. The Balaban J connectivity index is 1.52. The molecule has 0 aliphatic heterocycles. The van der Waals surface area contributed by atoms with Gasteiger partial charge in [0.2, 0.25) is 0 Å². The van der Waals surface area contributed by atoms with Gasteiger partial charge in [0.1, 0.15) is 0 Å². The standard InChI is InChI=1S/C24H25N/c1-3-7-19(8-4-1)17-20-11-13-21(14-12-20)23-15-16-25-24(18-23)22-9-5-2-6-10-22/h2,5-6,9-16,18-19H,1,3-4,7-8,17H2. The summed E-state index contributed by atoms with van der Waals surface area (Å²) in [4.78, 5) is 4.53. The van der Waals surface area contributed by atoms with Crippen LogP contribution in [-0.2, 0) is 6.42 Å². The summed E-state index contributed by atoms with van der Waals surface area (Å²) in [5.74, 6) is 0.894. The van der Waals surface area contributed by atoms with Crippen LogP contribution >= 0.6 is 0 Å². The Bertz CT molecular complexity index is 799. The van der Waals surface area contributed by atoms with Gasteiger partial charge >= 0.3 is 0 Å². The fourth-order valence-corrected chi connectivity index (χ4v) is 3.93. The molecule has 0 N–H and O–H groups in total. The van der Waals surface area contributed by atoms with Crippen molar-refractivity contribution in [1.29, 1.82) is 0 Å². The van der Waals surface area contributed by atoms with Crippen LogP contribution in [0.4, 0.5) is 0 Å². The smallest absolute Gasteiger partial charge is 0.0708 e. The summed E-state index contributed by atoms with van der Waals surface area (Å²) < 4.78 is 0. The van der Waals surface area contributed by atoms with Crippen LogP contribution in [0.5, 0.6) is 0 Å². The van der Waals surface area contributed by atoms with E-state index in [4.69, 9.17) is 0 Å². The number of rotatable bonds is 4. The van der Waals surface area contributed by atoms with Crippen LogP contribution in [0.1, 0.15) is 37.7 Å². The average Bonchev–Trinajstić information content (AvgIpc) is 2.70. The molecule has 1 fully saturated rings. The molecular weight excluding hydrogens is 302 g/mol. The van der Waals surface area contributed by atoms with Crippen LogP contribution in [0.2, 0.25) is 0 Å². The van der Waals surface area contributed by atoms with E-state index < -0.39 is 0 Å². The molecular formula is C24H25N. The van der Waals surface area contributed by atoms with E-state index in [1.165, 1.54) is 60.8 Å². The summed E-state index contributed by atoms with van der Waals surface area (Å²) in [5.41, 5.74) is 6.18. The lowest BCUT2D eigenvalue weighted by Gasteiger charge is -2.21. The maximum atomic E-state index is 4.53. The first kappa shape index (κ1) is 16.1. The van der Waals surface area contributed by atoms with E-state index in [0.29, 0.717) is 0 Å². The van der Waals surface area contributed by atoms with Gasteiger partial charge in [-0.1, -0.05) is 86.7 Å². The van der Waals surface area contributed by atoms with E-state index in [1.54, 1.807) is 0 Å². The summed E-state index contributed by atoms with van der Waals surface area (Å²) in [6, 6.07) is 23.8. The lowest BCUT2D eigenvalue weighted by Crippen LogP contribution is -2.09. The predicted molar refractivity (Wildman–Crippen MR) is 105 cm³/mol. The third kappa shape index (κ3) is 3.99. The molecule has 3 aromatic rings. The molecule has 1 aromatic heterocycles. The van der Waals surface area contributed by atoms with Crippen molar-refractivity contribution in [2.75, 3.05) is 0 Å². The molecule has 1 aliphatic rings. The lowest BCUT2D eigenvalue weighted by molar-refractivity contribution is 0.356. The van der Waals surface area contributed by atoms with Gasteiger partial charge in [-0.25, -0.2) is 0 Å². The molecule has 0 bridgehead atoms. The number of hydrogen-bond acceptors (Lipinski definition) is 1. The lowest BCUT2D eigenvalue weighted by atomic mass is 9.84. The Morgan fingerprint density at radius 3 is 2.24 bits per heavy atom. The van der Waals surface area contributed by atoms with Crippen LogP contribution in [0, 0.1) is 5.92 Å². The molecule has 4 rings (SSSR count). The molecule has 1 heteroatoms. The van der Waals surface area contributed by atoms with E-state index in [0.717, 1.165) is 11.6 Å². The van der Waals surface area contributed by atoms with Crippen molar-refractivity contribution < 1.29 is 0 Å². The fraction of sp³-hybridized carbons (Fsp3) is 0.292. The third-order valence-corrected chi connectivity index (χ3v) is 5.37. The zero-order chi connectivity index (χ0) is 16.9. The summed E-state index contributed by atoms with van der Waals surface area (Å²) in [5, 5.41) is 0. The number of benzene rings is 2. The first-order chi connectivity index (χ1) is 12.4. The Morgan fingerprint density at radius 2 is 1.48 bits per heavy atom. The van der Waals surface area contributed by atoms with Gasteiger partial charge in [0.05, 0.1) is 5.69 Å². The Labute approximate surface area is 150 Å². The van der Waals surface area contributed by atoms with Crippen molar-refractivity contribution in [1.82, 2.24) is 4.98 Å². The fourth-order valence-electron chi connectivity index (χ4n) is 3.93. The van der Waals surface area contributed by atoms with Crippen molar-refractivity contribution in [3.05, 3.63) is 78.5 Å². The van der Waals surface area contributed by atoms with E-state index >= 15 is 0 Å². The summed E-state index contributed by atoms with van der Waals surface area (Å²) in [7, 11) is 0. The molecule has 0 radical (unpaired) electrons. The second kappa shape index (κ2) is 7.65. The number of aromatic nitrogens is 1. The molecule has 0 amide bonds. The highest BCUT2D eigenvalue weighted by molar-refractivity contribution is 5.70. The summed E-state index contributed by atoms with van der Waals surface area (Å²) in [6.07, 6.45) is 10.2. The van der Waals surface area contributed by atoms with Crippen molar-refractivity contribution in [3.63, 3.8) is 0 Å². The topological polar surface area (TPSA) is 12.9 Å². The second-order valence-corrected chi connectivity index (χ2v) is 7.20. The van der Waals surface area contributed by atoms with Crippen LogP contribution in [0.15, 0.2) is 72.9 Å². The quantitative estimate of drug-likeness (QED) is 0.530. The maximum absolute atomic E-state index is 4.53. The minimum absolute atomic E-state index is 0.894. The average molecular weight is 327 g/mol. The zero-order valence-corrected chi connectivity index (χ0v) is 14.7. The van der Waals surface area contributed by atoms with Gasteiger partial charge in [-0.05, 0) is 41.2 Å². The highest BCUT2D eigenvalue weighted by Gasteiger charge is 2.13. The third-order valence-electron chi connectivity index (χ3n) is 5.37. The van der Waals surface area contributed by atoms with Crippen molar-refractivity contribution in [3.8, 4) is 22.4 Å². The molecule has 1 aliphatic carbocycles. The maximum Gasteiger partial charge on any atom is 0.0708 e. The highest BCUT2D eigenvalue weighted by Crippen LogP contribution is 2.28. The van der Waals surface area contributed by atoms with Crippen molar-refractivity contribution in [2.24, 2.45) is 5.92 Å². The van der Waals surface area contributed by atoms with Gasteiger partial charge < -0.3 is 0 Å². The van der Waals surface area contributed by atoms with Gasteiger partial charge in [0, 0.05) is 11.8 Å². The van der Waals surface area contributed by atoms with Gasteiger partial charge in [-0.15, -0.1) is 0 Å². The first-order valence-electron chi connectivity index (χ1n) is 9.49. The Hall–Kier alpha value is -2.41. The molecule has 1 heterocycles. The normalized spacial score (nSPS) is 15.2. The van der Waals surface area contributed by atoms with E-state index in [2.05, 4.69) is 65.6 Å². The van der Waals surface area contributed by atoms with E-state index in [1.807, 2.05) is 12.3 Å². The Kier molecular flexibility index (Phi) is 4.92. The predicted octanol–water partition coefficient (Wildman–Crippen LogP) is 6.54. The monoisotopic (exact) mass is 327 g/mol.